The zero-order valence-corrected chi connectivity index (χ0v) is 29.3. The van der Waals surface area contributed by atoms with E-state index in [0.29, 0.717) is 36.2 Å². The lowest BCUT2D eigenvalue weighted by molar-refractivity contribution is -0.145. The van der Waals surface area contributed by atoms with Crippen LogP contribution in [-0.2, 0) is 28.6 Å². The maximum Gasteiger partial charge on any atom is 0.408 e. The summed E-state index contributed by atoms with van der Waals surface area (Å²) in [7, 11) is 0. The number of carbonyl (C=O) groups is 4. The summed E-state index contributed by atoms with van der Waals surface area (Å²) >= 11 is 1.49. The third-order valence-electron chi connectivity index (χ3n) is 10.7. The van der Waals surface area contributed by atoms with E-state index in [1.165, 1.54) is 16.2 Å². The molecule has 2 aromatic heterocycles. The number of nitrogens with one attached hydrogen (secondary N) is 2. The Kier molecular flexibility index (Phi) is 9.57. The van der Waals surface area contributed by atoms with Crippen LogP contribution in [0.3, 0.4) is 0 Å². The van der Waals surface area contributed by atoms with Gasteiger partial charge in [-0.05, 0) is 55.7 Å². The Morgan fingerprint density at radius 1 is 1.06 bits per heavy atom. The van der Waals surface area contributed by atoms with Gasteiger partial charge in [0.25, 0.3) is 0 Å². The number of ether oxygens (including phenoxy) is 4. The van der Waals surface area contributed by atoms with Gasteiger partial charge < -0.3 is 39.6 Å². The van der Waals surface area contributed by atoms with Crippen LogP contribution in [-0.4, -0.2) is 106 Å². The molecule has 0 radical (unpaired) electrons. The second-order valence-electron chi connectivity index (χ2n) is 14.1. The van der Waals surface area contributed by atoms with Crippen LogP contribution in [0.1, 0.15) is 51.4 Å². The fraction of sp³-hybridized carbons (Fsp3) is 0.514. The van der Waals surface area contributed by atoms with Crippen molar-refractivity contribution in [2.75, 3.05) is 19.8 Å². The number of aliphatic carboxylic acids is 1. The van der Waals surface area contributed by atoms with Crippen molar-refractivity contribution in [3.8, 4) is 16.5 Å². The standard InChI is InChI=1S/C37H41N5O9S/c43-32-26-17-22(50-33-30(29-13-8-16-52-29)38-23-10-6-7-11-24(23)39-33)19-42(26)34(44)25(40-36(47)51-28-20-49-27-14-15-48-31(27)28)12-5-3-1-2-4-9-21-18-37(21,41-32)35(45)46/h4,6-11,13,16,21-22,25-28,31H,1-3,5,12,14-15,17-20H2,(H,40,47)(H,41,43)(H,45,46)/b9-4-/t21?,22-,25-,26?,27?,28?,31?,37?/m1/s1. The molecule has 1 aliphatic carbocycles. The lowest BCUT2D eigenvalue weighted by Gasteiger charge is -2.29. The molecule has 4 aliphatic heterocycles. The first-order valence-electron chi connectivity index (χ1n) is 18.0. The van der Waals surface area contributed by atoms with Gasteiger partial charge in [-0.25, -0.2) is 19.6 Å². The first kappa shape index (κ1) is 34.5. The minimum Gasteiger partial charge on any atom is -0.479 e. The molecule has 3 saturated heterocycles. The predicted octanol–water partition coefficient (Wildman–Crippen LogP) is 3.84. The number of carboxylic acids is 1. The lowest BCUT2D eigenvalue weighted by Crippen LogP contribution is -2.56. The number of thiophene rings is 1. The van der Waals surface area contributed by atoms with Crippen molar-refractivity contribution in [2.45, 2.75) is 93.4 Å². The Morgan fingerprint density at radius 2 is 1.90 bits per heavy atom. The highest BCUT2D eigenvalue weighted by molar-refractivity contribution is 7.13. The molecule has 3 N–H and O–H groups in total. The van der Waals surface area contributed by atoms with Gasteiger partial charge in [0.15, 0.2) is 6.10 Å². The predicted molar refractivity (Wildman–Crippen MR) is 188 cm³/mol. The molecule has 52 heavy (non-hydrogen) atoms. The van der Waals surface area contributed by atoms with Crippen molar-refractivity contribution >= 4 is 46.2 Å². The van der Waals surface area contributed by atoms with Gasteiger partial charge >= 0.3 is 12.1 Å². The zero-order valence-electron chi connectivity index (χ0n) is 28.5. The van der Waals surface area contributed by atoms with Crippen molar-refractivity contribution in [2.24, 2.45) is 5.92 Å². The number of fused-ring (bicyclic) bond motifs is 4. The Morgan fingerprint density at radius 3 is 2.71 bits per heavy atom. The highest BCUT2D eigenvalue weighted by atomic mass is 32.1. The van der Waals surface area contributed by atoms with Crippen molar-refractivity contribution in [3.63, 3.8) is 0 Å². The number of benzene rings is 1. The van der Waals surface area contributed by atoms with E-state index in [-0.39, 0.29) is 50.0 Å². The van der Waals surface area contributed by atoms with E-state index < -0.39 is 53.7 Å². The van der Waals surface area contributed by atoms with Crippen LogP contribution in [0.5, 0.6) is 5.88 Å². The Labute approximate surface area is 303 Å². The van der Waals surface area contributed by atoms with E-state index in [1.807, 2.05) is 53.9 Å². The molecule has 3 aromatic rings. The maximum absolute atomic E-state index is 14.5. The second kappa shape index (κ2) is 14.4. The molecule has 6 unspecified atom stereocenters. The maximum atomic E-state index is 14.5. The van der Waals surface area contributed by atoms with E-state index in [9.17, 15) is 24.3 Å². The first-order chi connectivity index (χ1) is 25.3. The minimum absolute atomic E-state index is 0.00000320. The minimum atomic E-state index is -1.46. The fourth-order valence-electron chi connectivity index (χ4n) is 7.79. The molecule has 1 saturated carbocycles. The van der Waals surface area contributed by atoms with Crippen molar-refractivity contribution < 1.29 is 43.2 Å². The number of rotatable bonds is 6. The number of aromatic nitrogens is 2. The Hall–Kier alpha value is -4.60. The van der Waals surface area contributed by atoms with Crippen LogP contribution in [0.4, 0.5) is 4.79 Å². The van der Waals surface area contributed by atoms with Crippen molar-refractivity contribution in [3.05, 3.63) is 53.9 Å². The summed E-state index contributed by atoms with van der Waals surface area (Å²) in [5.74, 6) is -2.29. The molecule has 8 atom stereocenters. The van der Waals surface area contributed by atoms with E-state index in [0.717, 1.165) is 30.6 Å². The highest BCUT2D eigenvalue weighted by Gasteiger charge is 2.61. The van der Waals surface area contributed by atoms with Gasteiger partial charge in [-0.2, -0.15) is 0 Å². The van der Waals surface area contributed by atoms with Gasteiger partial charge in [0, 0.05) is 18.9 Å². The van der Waals surface area contributed by atoms with Gasteiger partial charge in [-0.3, -0.25) is 9.59 Å². The number of carbonyl (C=O) groups excluding carboxylic acids is 3. The number of hydrogen-bond acceptors (Lipinski definition) is 11. The fourth-order valence-corrected chi connectivity index (χ4v) is 8.49. The SMILES string of the molecule is O=C(N[C@@H]1CCCCC/C=C\C2CC2(C(=O)O)NC(=O)C2C[C@@H](Oc3nc4ccccc4nc3-c3cccs3)CN2C1=O)OC1COC2CCOC21. The van der Waals surface area contributed by atoms with Crippen molar-refractivity contribution in [1.29, 1.82) is 0 Å². The van der Waals surface area contributed by atoms with Crippen molar-refractivity contribution in [1.82, 2.24) is 25.5 Å². The number of para-hydroxylation sites is 2. The molecule has 274 valence electrons. The molecule has 14 nitrogen and oxygen atoms in total. The molecule has 0 bridgehead atoms. The summed E-state index contributed by atoms with van der Waals surface area (Å²) in [6.45, 7) is 0.734. The van der Waals surface area contributed by atoms with Gasteiger partial charge in [0.1, 0.15) is 35.5 Å². The highest BCUT2D eigenvalue weighted by Crippen LogP contribution is 2.45. The first-order valence-corrected chi connectivity index (χ1v) is 18.9. The summed E-state index contributed by atoms with van der Waals surface area (Å²) in [6.07, 6.45) is 5.65. The summed E-state index contributed by atoms with van der Waals surface area (Å²) in [5, 5.41) is 17.7. The average Bonchev–Trinajstić information content (AvgIpc) is 3.72. The van der Waals surface area contributed by atoms with E-state index >= 15 is 0 Å². The molecule has 5 aliphatic rings. The van der Waals surface area contributed by atoms with E-state index in [1.54, 1.807) is 0 Å². The Bertz CT molecular complexity index is 1870. The van der Waals surface area contributed by atoms with Crippen LogP contribution in [0.25, 0.3) is 21.6 Å². The monoisotopic (exact) mass is 731 g/mol. The molecule has 6 heterocycles. The number of hydrogen-bond donors (Lipinski definition) is 3. The van der Waals surface area contributed by atoms with Crippen LogP contribution in [0, 0.1) is 5.92 Å². The summed E-state index contributed by atoms with van der Waals surface area (Å²) in [6, 6.07) is 9.20. The third-order valence-corrected chi connectivity index (χ3v) is 11.5. The summed E-state index contributed by atoms with van der Waals surface area (Å²) < 4.78 is 23.7. The van der Waals surface area contributed by atoms with Crippen LogP contribution in [0.15, 0.2) is 53.9 Å². The second-order valence-corrected chi connectivity index (χ2v) is 15.1. The zero-order chi connectivity index (χ0) is 35.8. The lowest BCUT2D eigenvalue weighted by atomic mass is 10.0. The number of alkyl carbamates (subject to hydrolysis) is 1. The topological polar surface area (TPSA) is 179 Å². The molecular weight excluding hydrogens is 691 g/mol. The van der Waals surface area contributed by atoms with Crippen LogP contribution in [0.2, 0.25) is 0 Å². The Balaban J connectivity index is 1.08. The van der Waals surface area contributed by atoms with Gasteiger partial charge in [0.2, 0.25) is 17.7 Å². The van der Waals surface area contributed by atoms with Gasteiger partial charge in [0.05, 0.1) is 35.2 Å². The quantitative estimate of drug-likeness (QED) is 0.314. The van der Waals surface area contributed by atoms with E-state index in [4.69, 9.17) is 28.9 Å². The number of carboxylic acid groups (broad SMARTS) is 1. The average molecular weight is 732 g/mol. The molecule has 15 heteroatoms. The number of amides is 3. The molecule has 4 fully saturated rings. The van der Waals surface area contributed by atoms with Gasteiger partial charge in [-0.15, -0.1) is 11.3 Å². The number of nitrogens with zero attached hydrogens (tertiary/aromatic N) is 3. The largest absolute Gasteiger partial charge is 0.479 e. The summed E-state index contributed by atoms with van der Waals surface area (Å²) in [4.78, 5) is 66.3. The molecule has 3 amide bonds. The number of allylic oxidation sites excluding steroid dienone is 1. The van der Waals surface area contributed by atoms with E-state index in [2.05, 4.69) is 10.6 Å². The molecule has 0 spiro atoms. The molecular formula is C37H41N5O9S. The molecule has 8 rings (SSSR count). The normalized spacial score (nSPS) is 32.5. The summed E-state index contributed by atoms with van der Waals surface area (Å²) in [5.41, 5.74) is 0.403. The van der Waals surface area contributed by atoms with Gasteiger partial charge in [-0.1, -0.05) is 43.2 Å². The molecule has 1 aromatic carbocycles. The van der Waals surface area contributed by atoms with Crippen LogP contribution >= 0.6 is 11.3 Å². The smallest absolute Gasteiger partial charge is 0.408 e. The van der Waals surface area contributed by atoms with Crippen LogP contribution < -0.4 is 15.4 Å². The third kappa shape index (κ3) is 6.84.